The van der Waals surface area contributed by atoms with E-state index in [0.29, 0.717) is 12.8 Å². The van der Waals surface area contributed by atoms with Gasteiger partial charge in [-0.2, -0.15) is 0 Å². The maximum Gasteiger partial charge on any atom is 0.243 e. The Balaban J connectivity index is 2.13. The van der Waals surface area contributed by atoms with Crippen LogP contribution in [0.4, 0.5) is 0 Å². The van der Waals surface area contributed by atoms with Crippen LogP contribution in [0.1, 0.15) is 32.1 Å². The lowest BCUT2D eigenvalue weighted by atomic mass is 10.1. The smallest absolute Gasteiger partial charge is 0.243 e. The Morgan fingerprint density at radius 1 is 1.21 bits per heavy atom. The van der Waals surface area contributed by atoms with Crippen LogP contribution in [0.2, 0.25) is 5.28 Å². The third-order valence-corrected chi connectivity index (χ3v) is 4.83. The Kier molecular flexibility index (Phi) is 4.72. The number of halogens is 1. The van der Waals surface area contributed by atoms with Crippen LogP contribution >= 0.6 is 11.6 Å². The molecular weight excluding hydrogens is 290 g/mol. The molecule has 1 aromatic heterocycles. The lowest BCUT2D eigenvalue weighted by molar-refractivity contribution is 0.130. The number of hydrogen-bond acceptors (Lipinski definition) is 5. The second-order valence-corrected chi connectivity index (χ2v) is 6.67. The molecule has 19 heavy (non-hydrogen) atoms. The van der Waals surface area contributed by atoms with Gasteiger partial charge in [0, 0.05) is 6.04 Å². The van der Waals surface area contributed by atoms with E-state index in [1.54, 1.807) is 0 Å². The number of sulfonamides is 1. The second kappa shape index (κ2) is 6.13. The number of nitrogens with zero attached hydrogens (tertiary/aromatic N) is 2. The van der Waals surface area contributed by atoms with Crippen molar-refractivity contribution in [3.8, 4) is 0 Å². The van der Waals surface area contributed by atoms with Gasteiger partial charge in [0.15, 0.2) is 0 Å². The number of nitrogens with one attached hydrogen (secondary N) is 1. The highest BCUT2D eigenvalue weighted by molar-refractivity contribution is 7.89. The van der Waals surface area contributed by atoms with Gasteiger partial charge in [0.25, 0.3) is 0 Å². The number of hydrogen-bond donors (Lipinski definition) is 2. The summed E-state index contributed by atoms with van der Waals surface area (Å²) in [6, 6.07) is -0.455. The molecule has 8 heteroatoms. The quantitative estimate of drug-likeness (QED) is 0.644. The van der Waals surface area contributed by atoms with E-state index in [4.69, 9.17) is 11.6 Å². The molecule has 106 valence electrons. The molecule has 0 aromatic carbocycles. The monoisotopic (exact) mass is 305 g/mol. The van der Waals surface area contributed by atoms with Crippen LogP contribution in [0.5, 0.6) is 0 Å². The van der Waals surface area contributed by atoms with Crippen LogP contribution in [-0.4, -0.2) is 35.6 Å². The number of rotatable bonds is 3. The predicted molar refractivity (Wildman–Crippen MR) is 70.2 cm³/mol. The van der Waals surface area contributed by atoms with E-state index in [9.17, 15) is 13.5 Å². The first-order valence-electron chi connectivity index (χ1n) is 6.17. The highest BCUT2D eigenvalue weighted by Crippen LogP contribution is 2.20. The SMILES string of the molecule is O=S(=O)(NC1CCCCCC1O)c1cnc(Cl)nc1. The van der Waals surface area contributed by atoms with E-state index in [2.05, 4.69) is 14.7 Å². The van der Waals surface area contributed by atoms with Crippen molar-refractivity contribution in [2.24, 2.45) is 0 Å². The average Bonchev–Trinajstić information content (AvgIpc) is 2.55. The van der Waals surface area contributed by atoms with Crippen LogP contribution in [0, 0.1) is 0 Å². The molecule has 6 nitrogen and oxygen atoms in total. The van der Waals surface area contributed by atoms with Crippen molar-refractivity contribution in [1.82, 2.24) is 14.7 Å². The van der Waals surface area contributed by atoms with Crippen molar-refractivity contribution >= 4 is 21.6 Å². The van der Waals surface area contributed by atoms with Crippen LogP contribution in [0.25, 0.3) is 0 Å². The van der Waals surface area contributed by atoms with E-state index < -0.39 is 22.2 Å². The fourth-order valence-electron chi connectivity index (χ4n) is 2.13. The van der Waals surface area contributed by atoms with Gasteiger partial charge >= 0.3 is 0 Å². The normalized spacial score (nSPS) is 24.9. The number of aromatic nitrogens is 2. The molecule has 2 N–H and O–H groups in total. The van der Waals surface area contributed by atoms with Gasteiger partial charge < -0.3 is 5.11 Å². The van der Waals surface area contributed by atoms with Crippen molar-refractivity contribution in [2.45, 2.75) is 49.1 Å². The summed E-state index contributed by atoms with van der Waals surface area (Å²) in [7, 11) is -3.72. The van der Waals surface area contributed by atoms with Crippen molar-refractivity contribution in [2.75, 3.05) is 0 Å². The molecule has 1 aliphatic rings. The van der Waals surface area contributed by atoms with Gasteiger partial charge in [-0.3, -0.25) is 0 Å². The summed E-state index contributed by atoms with van der Waals surface area (Å²) in [5.74, 6) is 0. The zero-order valence-corrected chi connectivity index (χ0v) is 11.9. The predicted octanol–water partition coefficient (Wildman–Crippen LogP) is 1.10. The fraction of sp³-hybridized carbons (Fsp3) is 0.636. The molecular formula is C11H16ClN3O3S. The molecule has 0 radical (unpaired) electrons. The van der Waals surface area contributed by atoms with E-state index in [0.717, 1.165) is 31.7 Å². The minimum atomic E-state index is -3.72. The van der Waals surface area contributed by atoms with Gasteiger partial charge in [-0.25, -0.2) is 23.1 Å². The second-order valence-electron chi connectivity index (χ2n) is 4.62. The zero-order valence-electron chi connectivity index (χ0n) is 10.3. The zero-order chi connectivity index (χ0) is 13.9. The maximum atomic E-state index is 12.1. The van der Waals surface area contributed by atoms with Gasteiger partial charge in [-0.15, -0.1) is 0 Å². The molecule has 1 heterocycles. The van der Waals surface area contributed by atoms with Gasteiger partial charge in [-0.05, 0) is 24.4 Å². The molecule has 1 aliphatic carbocycles. The third-order valence-electron chi connectivity index (χ3n) is 3.19. The van der Waals surface area contributed by atoms with E-state index >= 15 is 0 Å². The van der Waals surface area contributed by atoms with Gasteiger partial charge in [0.2, 0.25) is 15.3 Å². The summed E-state index contributed by atoms with van der Waals surface area (Å²) in [5, 5.41) is 9.92. The molecule has 0 amide bonds. The van der Waals surface area contributed by atoms with Crippen LogP contribution < -0.4 is 4.72 Å². The van der Waals surface area contributed by atoms with E-state index in [1.807, 2.05) is 0 Å². The van der Waals surface area contributed by atoms with E-state index in [-0.39, 0.29) is 10.2 Å². The van der Waals surface area contributed by atoms with Gasteiger partial charge in [-0.1, -0.05) is 19.3 Å². The molecule has 2 unspecified atom stereocenters. The first-order chi connectivity index (χ1) is 8.99. The first-order valence-corrected chi connectivity index (χ1v) is 8.03. The average molecular weight is 306 g/mol. The molecule has 0 aliphatic heterocycles. The first kappa shape index (κ1) is 14.6. The Morgan fingerprint density at radius 2 is 1.84 bits per heavy atom. The summed E-state index contributed by atoms with van der Waals surface area (Å²) in [4.78, 5) is 7.25. The van der Waals surface area contributed by atoms with Gasteiger partial charge in [0.1, 0.15) is 4.90 Å². The maximum absolute atomic E-state index is 12.1. The van der Waals surface area contributed by atoms with Crippen molar-refractivity contribution in [3.63, 3.8) is 0 Å². The van der Waals surface area contributed by atoms with E-state index in [1.165, 1.54) is 0 Å². The van der Waals surface area contributed by atoms with Crippen LogP contribution in [-0.2, 0) is 10.0 Å². The minimum absolute atomic E-state index is 0.00606. The number of aliphatic hydroxyl groups is 1. The van der Waals surface area contributed by atoms with Crippen molar-refractivity contribution in [3.05, 3.63) is 17.7 Å². The fourth-order valence-corrected chi connectivity index (χ4v) is 3.42. The molecule has 2 atom stereocenters. The summed E-state index contributed by atoms with van der Waals surface area (Å²) in [5.41, 5.74) is 0. The highest BCUT2D eigenvalue weighted by Gasteiger charge is 2.27. The van der Waals surface area contributed by atoms with Crippen molar-refractivity contribution < 1.29 is 13.5 Å². The molecule has 0 bridgehead atoms. The Labute approximate surface area is 117 Å². The standard InChI is InChI=1S/C11H16ClN3O3S/c12-11-13-6-8(7-14-11)19(17,18)15-9-4-2-1-3-5-10(9)16/h6-7,9-10,15-16H,1-5H2. The highest BCUT2D eigenvalue weighted by atomic mass is 35.5. The lowest BCUT2D eigenvalue weighted by Crippen LogP contribution is -2.42. The summed E-state index contributed by atoms with van der Waals surface area (Å²) in [6.07, 6.45) is 5.75. The molecule has 0 spiro atoms. The summed E-state index contributed by atoms with van der Waals surface area (Å²) >= 11 is 5.52. The largest absolute Gasteiger partial charge is 0.391 e. The molecule has 1 fully saturated rings. The van der Waals surface area contributed by atoms with Crippen LogP contribution in [0.15, 0.2) is 17.3 Å². The van der Waals surface area contributed by atoms with Gasteiger partial charge in [0.05, 0.1) is 18.5 Å². The Morgan fingerprint density at radius 3 is 2.53 bits per heavy atom. The third kappa shape index (κ3) is 3.85. The van der Waals surface area contributed by atoms with Crippen molar-refractivity contribution in [1.29, 1.82) is 0 Å². The molecule has 1 aromatic rings. The summed E-state index contributed by atoms with van der Waals surface area (Å²) in [6.45, 7) is 0. The summed E-state index contributed by atoms with van der Waals surface area (Å²) < 4.78 is 26.8. The Bertz CT molecular complexity index is 520. The molecule has 2 rings (SSSR count). The molecule has 0 saturated heterocycles. The minimum Gasteiger partial charge on any atom is -0.391 e. The number of aliphatic hydroxyl groups excluding tert-OH is 1. The Hall–Kier alpha value is -0.760. The topological polar surface area (TPSA) is 92.2 Å². The lowest BCUT2D eigenvalue weighted by Gasteiger charge is -2.21. The molecule has 1 saturated carbocycles. The van der Waals surface area contributed by atoms with Crippen LogP contribution in [0.3, 0.4) is 0 Å².